The van der Waals surface area contributed by atoms with E-state index >= 15 is 0 Å². The first-order chi connectivity index (χ1) is 8.65. The molecule has 2 aliphatic rings. The Bertz CT molecular complexity index is 420. The molecule has 0 aliphatic carbocycles. The molecule has 1 aromatic carbocycles. The van der Waals surface area contributed by atoms with Gasteiger partial charge in [-0.3, -0.25) is 0 Å². The van der Waals surface area contributed by atoms with Gasteiger partial charge in [0.25, 0.3) is 0 Å². The lowest BCUT2D eigenvalue weighted by atomic mass is 9.85. The molecular formula is C15H19FO2. The van der Waals surface area contributed by atoms with E-state index in [-0.39, 0.29) is 18.0 Å². The molecule has 0 radical (unpaired) electrons. The van der Waals surface area contributed by atoms with Crippen molar-refractivity contribution in [1.82, 2.24) is 0 Å². The normalized spacial score (nSPS) is 34.8. The van der Waals surface area contributed by atoms with Crippen molar-refractivity contribution in [3.63, 3.8) is 0 Å². The van der Waals surface area contributed by atoms with E-state index in [2.05, 4.69) is 0 Å². The van der Waals surface area contributed by atoms with Crippen LogP contribution in [0.5, 0.6) is 0 Å². The maximum Gasteiger partial charge on any atom is 0.126 e. The molecular weight excluding hydrogens is 231 g/mol. The van der Waals surface area contributed by atoms with Crippen LogP contribution >= 0.6 is 0 Å². The molecule has 0 aromatic heterocycles. The van der Waals surface area contributed by atoms with Crippen LogP contribution in [0.3, 0.4) is 0 Å². The van der Waals surface area contributed by atoms with Crippen LogP contribution in [0.1, 0.15) is 37.7 Å². The van der Waals surface area contributed by atoms with Gasteiger partial charge in [-0.25, -0.2) is 4.39 Å². The van der Waals surface area contributed by atoms with Crippen molar-refractivity contribution in [2.45, 2.75) is 56.3 Å². The molecule has 0 spiro atoms. The summed E-state index contributed by atoms with van der Waals surface area (Å²) in [6.45, 7) is 0. The maximum atomic E-state index is 13.5. The fraction of sp³-hybridized carbons (Fsp3) is 0.600. The largest absolute Gasteiger partial charge is 0.390 e. The number of aliphatic hydroxyl groups is 1. The van der Waals surface area contributed by atoms with E-state index in [9.17, 15) is 9.50 Å². The fourth-order valence-electron chi connectivity index (χ4n) is 3.28. The van der Waals surface area contributed by atoms with E-state index in [1.54, 1.807) is 12.1 Å². The third kappa shape index (κ3) is 2.43. The Hall–Kier alpha value is -0.930. The number of hydrogen-bond donors (Lipinski definition) is 1. The molecule has 2 aliphatic heterocycles. The van der Waals surface area contributed by atoms with E-state index in [1.165, 1.54) is 6.07 Å². The summed E-state index contributed by atoms with van der Waals surface area (Å²) in [6, 6.07) is 6.82. The number of benzene rings is 1. The second-order valence-electron chi connectivity index (χ2n) is 5.68. The van der Waals surface area contributed by atoms with Gasteiger partial charge in [-0.2, -0.15) is 0 Å². The highest BCUT2D eigenvalue weighted by atomic mass is 19.1. The van der Waals surface area contributed by atoms with Gasteiger partial charge in [-0.1, -0.05) is 18.2 Å². The molecule has 18 heavy (non-hydrogen) atoms. The summed E-state index contributed by atoms with van der Waals surface area (Å²) < 4.78 is 19.3. The molecule has 3 rings (SSSR count). The summed E-state index contributed by atoms with van der Waals surface area (Å²) in [5.74, 6) is -0.170. The van der Waals surface area contributed by atoms with Crippen molar-refractivity contribution in [3.05, 3.63) is 35.6 Å². The zero-order valence-corrected chi connectivity index (χ0v) is 10.4. The van der Waals surface area contributed by atoms with Gasteiger partial charge in [0.05, 0.1) is 17.8 Å². The quantitative estimate of drug-likeness (QED) is 0.894. The highest BCUT2D eigenvalue weighted by molar-refractivity contribution is 5.17. The monoisotopic (exact) mass is 250 g/mol. The fourth-order valence-corrected chi connectivity index (χ4v) is 3.28. The van der Waals surface area contributed by atoms with Crippen LogP contribution in [0.25, 0.3) is 0 Å². The number of ether oxygens (including phenoxy) is 1. The van der Waals surface area contributed by atoms with Crippen molar-refractivity contribution in [2.24, 2.45) is 0 Å². The van der Waals surface area contributed by atoms with Gasteiger partial charge in [0, 0.05) is 12.8 Å². The summed E-state index contributed by atoms with van der Waals surface area (Å²) in [7, 11) is 0. The van der Waals surface area contributed by atoms with E-state index < -0.39 is 5.60 Å². The van der Waals surface area contributed by atoms with Crippen molar-refractivity contribution >= 4 is 0 Å². The van der Waals surface area contributed by atoms with Crippen molar-refractivity contribution < 1.29 is 14.2 Å². The minimum atomic E-state index is -0.660. The van der Waals surface area contributed by atoms with Crippen molar-refractivity contribution in [3.8, 4) is 0 Å². The second-order valence-corrected chi connectivity index (χ2v) is 5.68. The lowest BCUT2D eigenvalue weighted by molar-refractivity contribution is -0.114. The Labute approximate surface area is 107 Å². The zero-order valence-electron chi connectivity index (χ0n) is 10.4. The molecule has 2 heterocycles. The number of aryl methyl sites for hydroxylation is 1. The van der Waals surface area contributed by atoms with Gasteiger partial charge in [0.1, 0.15) is 5.82 Å². The van der Waals surface area contributed by atoms with Gasteiger partial charge in [-0.15, -0.1) is 0 Å². The molecule has 1 N–H and O–H groups in total. The molecule has 0 saturated carbocycles. The first-order valence-electron chi connectivity index (χ1n) is 6.76. The molecule has 2 saturated heterocycles. The topological polar surface area (TPSA) is 29.5 Å². The minimum absolute atomic E-state index is 0.170. The van der Waals surface area contributed by atoms with Gasteiger partial charge < -0.3 is 9.84 Å². The molecule has 2 fully saturated rings. The standard InChI is InChI=1S/C15H19FO2/c16-14-4-2-1-3-11(14)7-8-15(17)9-12-5-6-13(10-15)18-12/h1-4,12-13,17H,5-10H2. The number of halogens is 1. The Morgan fingerprint density at radius 2 is 1.89 bits per heavy atom. The van der Waals surface area contributed by atoms with Crippen molar-refractivity contribution in [1.29, 1.82) is 0 Å². The van der Waals surface area contributed by atoms with Crippen molar-refractivity contribution in [2.75, 3.05) is 0 Å². The molecule has 2 nitrogen and oxygen atoms in total. The summed E-state index contributed by atoms with van der Waals surface area (Å²) in [5, 5.41) is 10.6. The van der Waals surface area contributed by atoms with E-state index in [0.29, 0.717) is 31.2 Å². The second kappa shape index (κ2) is 4.63. The van der Waals surface area contributed by atoms with Gasteiger partial charge in [-0.05, 0) is 37.3 Å². The maximum absolute atomic E-state index is 13.5. The van der Waals surface area contributed by atoms with E-state index in [1.807, 2.05) is 6.07 Å². The smallest absolute Gasteiger partial charge is 0.126 e. The van der Waals surface area contributed by atoms with Crippen LogP contribution in [-0.4, -0.2) is 22.9 Å². The Morgan fingerprint density at radius 1 is 1.22 bits per heavy atom. The summed E-state index contributed by atoms with van der Waals surface area (Å²) in [4.78, 5) is 0. The number of rotatable bonds is 3. The minimum Gasteiger partial charge on any atom is -0.390 e. The first kappa shape index (κ1) is 12.1. The highest BCUT2D eigenvalue weighted by Gasteiger charge is 2.43. The van der Waals surface area contributed by atoms with Gasteiger partial charge in [0.15, 0.2) is 0 Å². The zero-order chi connectivity index (χ0) is 12.6. The average Bonchev–Trinajstić information content (AvgIpc) is 2.69. The van der Waals surface area contributed by atoms with Crippen LogP contribution in [0, 0.1) is 5.82 Å². The predicted octanol–water partition coefficient (Wildman–Crippen LogP) is 2.83. The van der Waals surface area contributed by atoms with Crippen LogP contribution in [0.2, 0.25) is 0 Å². The average molecular weight is 250 g/mol. The van der Waals surface area contributed by atoms with E-state index in [0.717, 1.165) is 12.8 Å². The first-order valence-corrected chi connectivity index (χ1v) is 6.76. The molecule has 1 aromatic rings. The lowest BCUT2D eigenvalue weighted by Gasteiger charge is -2.36. The summed E-state index contributed by atoms with van der Waals surface area (Å²) in [5.41, 5.74) is 0.0385. The van der Waals surface area contributed by atoms with Crippen LogP contribution in [-0.2, 0) is 11.2 Å². The van der Waals surface area contributed by atoms with Gasteiger partial charge >= 0.3 is 0 Å². The third-order valence-corrected chi connectivity index (χ3v) is 4.23. The lowest BCUT2D eigenvalue weighted by Crippen LogP contribution is -2.41. The Kier molecular flexibility index (Phi) is 3.12. The SMILES string of the molecule is OC1(CCc2ccccc2F)CC2CCC(C1)O2. The highest BCUT2D eigenvalue weighted by Crippen LogP contribution is 2.40. The Balaban J connectivity index is 1.64. The molecule has 3 heteroatoms. The number of fused-ring (bicyclic) bond motifs is 2. The predicted molar refractivity (Wildman–Crippen MR) is 66.8 cm³/mol. The summed E-state index contributed by atoms with van der Waals surface area (Å²) in [6.07, 6.45) is 5.20. The number of hydrogen-bond acceptors (Lipinski definition) is 2. The molecule has 0 amide bonds. The van der Waals surface area contributed by atoms with Crippen LogP contribution < -0.4 is 0 Å². The van der Waals surface area contributed by atoms with E-state index in [4.69, 9.17) is 4.74 Å². The third-order valence-electron chi connectivity index (χ3n) is 4.23. The van der Waals surface area contributed by atoms with Gasteiger partial charge in [0.2, 0.25) is 0 Å². The molecule has 2 unspecified atom stereocenters. The van der Waals surface area contributed by atoms with Crippen LogP contribution in [0.4, 0.5) is 4.39 Å². The summed E-state index contributed by atoms with van der Waals surface area (Å²) >= 11 is 0. The molecule has 2 bridgehead atoms. The van der Waals surface area contributed by atoms with Crippen LogP contribution in [0.15, 0.2) is 24.3 Å². The molecule has 2 atom stereocenters. The molecule has 98 valence electrons. The Morgan fingerprint density at radius 3 is 2.56 bits per heavy atom.